The highest BCUT2D eigenvalue weighted by Gasteiger charge is 2.32. The largest absolute Gasteiger partial charge is 0.468 e. The van der Waals surface area contributed by atoms with Crippen molar-refractivity contribution in [2.24, 2.45) is 0 Å². The van der Waals surface area contributed by atoms with E-state index in [1.54, 1.807) is 54.1 Å². The van der Waals surface area contributed by atoms with E-state index in [9.17, 15) is 13.2 Å². The minimum Gasteiger partial charge on any atom is -0.468 e. The first-order valence-corrected chi connectivity index (χ1v) is 11.9. The molecule has 0 saturated carbocycles. The van der Waals surface area contributed by atoms with E-state index in [-0.39, 0.29) is 11.3 Å². The number of benzene rings is 1. The van der Waals surface area contributed by atoms with E-state index < -0.39 is 9.84 Å². The van der Waals surface area contributed by atoms with E-state index in [1.807, 2.05) is 17.0 Å². The highest BCUT2D eigenvalue weighted by atomic mass is 32.2. The molecule has 1 amide bonds. The van der Waals surface area contributed by atoms with Gasteiger partial charge < -0.3 is 9.32 Å². The lowest BCUT2D eigenvalue weighted by atomic mass is 10.2. The predicted octanol–water partition coefficient (Wildman–Crippen LogP) is 3.19. The quantitative estimate of drug-likeness (QED) is 0.669. The van der Waals surface area contributed by atoms with E-state index in [4.69, 9.17) is 4.42 Å². The Labute approximate surface area is 156 Å². The minimum absolute atomic E-state index is 0.0506. The molecular formula is C17H19NO4S3. The van der Waals surface area contributed by atoms with E-state index in [0.29, 0.717) is 17.2 Å². The van der Waals surface area contributed by atoms with E-state index >= 15 is 0 Å². The van der Waals surface area contributed by atoms with Crippen LogP contribution in [0.3, 0.4) is 0 Å². The summed E-state index contributed by atoms with van der Waals surface area (Å²) < 4.78 is 28.4. The average Bonchev–Trinajstić information content (AvgIpc) is 3.21. The van der Waals surface area contributed by atoms with Gasteiger partial charge in [-0.25, -0.2) is 8.42 Å². The molecule has 0 N–H and O–H groups in total. The van der Waals surface area contributed by atoms with Gasteiger partial charge in [-0.05, 0) is 29.8 Å². The fraction of sp³-hybridized carbons (Fsp3) is 0.353. The number of furan rings is 1. The molecule has 1 aliphatic rings. The summed E-state index contributed by atoms with van der Waals surface area (Å²) >= 11 is 3.31. The number of carbonyl (C=O) groups excluding carboxylic acids is 1. The molecule has 134 valence electrons. The molecule has 1 fully saturated rings. The smallest absolute Gasteiger partial charge is 0.233 e. The lowest BCUT2D eigenvalue weighted by Crippen LogP contribution is -2.30. The zero-order valence-corrected chi connectivity index (χ0v) is 16.2. The molecule has 1 aromatic carbocycles. The summed E-state index contributed by atoms with van der Waals surface area (Å²) in [5.74, 6) is 3.13. The van der Waals surface area contributed by atoms with Gasteiger partial charge in [-0.3, -0.25) is 4.79 Å². The second kappa shape index (κ2) is 7.88. The standard InChI is InChI=1S/C17H19NO4S3/c1-25(20,21)15-6-4-13(5-7-15)17-18(16(19)12-24-17)8-10-23-11-14-3-2-9-22-14/h2-7,9,17H,8,10-12H2,1H3. The lowest BCUT2D eigenvalue weighted by Gasteiger charge is -2.24. The third-order valence-electron chi connectivity index (χ3n) is 3.86. The molecule has 0 aliphatic carbocycles. The maximum Gasteiger partial charge on any atom is 0.233 e. The van der Waals surface area contributed by atoms with Crippen LogP contribution in [0.5, 0.6) is 0 Å². The molecule has 25 heavy (non-hydrogen) atoms. The number of carbonyl (C=O) groups is 1. The molecule has 0 radical (unpaired) electrons. The molecule has 0 bridgehead atoms. The molecule has 2 aromatic rings. The first kappa shape index (κ1) is 18.4. The van der Waals surface area contributed by atoms with Crippen molar-refractivity contribution in [3.8, 4) is 0 Å². The van der Waals surface area contributed by atoms with Crippen LogP contribution in [0.15, 0.2) is 52.0 Å². The summed E-state index contributed by atoms with van der Waals surface area (Å²) in [5.41, 5.74) is 0.958. The SMILES string of the molecule is CS(=O)(=O)c1ccc(C2SCC(=O)N2CCSCc2ccco2)cc1. The van der Waals surface area contributed by atoms with Gasteiger partial charge in [0.25, 0.3) is 0 Å². The molecule has 0 spiro atoms. The van der Waals surface area contributed by atoms with Gasteiger partial charge in [-0.2, -0.15) is 11.8 Å². The van der Waals surface area contributed by atoms with Crippen LogP contribution in [0.2, 0.25) is 0 Å². The second-order valence-electron chi connectivity index (χ2n) is 5.72. The van der Waals surface area contributed by atoms with Crippen LogP contribution in [0, 0.1) is 0 Å². The first-order valence-electron chi connectivity index (χ1n) is 7.76. The highest BCUT2D eigenvalue weighted by Crippen LogP contribution is 2.38. The molecule has 1 atom stereocenters. The van der Waals surface area contributed by atoms with Crippen molar-refractivity contribution >= 4 is 39.3 Å². The normalized spacial score (nSPS) is 18.0. The Balaban J connectivity index is 1.61. The average molecular weight is 398 g/mol. The van der Waals surface area contributed by atoms with Crippen molar-refractivity contribution in [3.05, 3.63) is 54.0 Å². The number of nitrogens with zero attached hydrogens (tertiary/aromatic N) is 1. The van der Waals surface area contributed by atoms with Gasteiger partial charge in [0.2, 0.25) is 5.91 Å². The Kier molecular flexibility index (Phi) is 5.81. The maximum atomic E-state index is 12.2. The molecule has 5 nitrogen and oxygen atoms in total. The number of amides is 1. The Morgan fingerprint density at radius 1 is 1.28 bits per heavy atom. The Morgan fingerprint density at radius 3 is 2.68 bits per heavy atom. The van der Waals surface area contributed by atoms with Gasteiger partial charge in [0.05, 0.1) is 22.7 Å². The number of sulfone groups is 1. The van der Waals surface area contributed by atoms with Gasteiger partial charge in [0, 0.05) is 18.6 Å². The number of rotatable bonds is 7. The van der Waals surface area contributed by atoms with Crippen molar-refractivity contribution in [1.82, 2.24) is 4.90 Å². The monoisotopic (exact) mass is 397 g/mol. The summed E-state index contributed by atoms with van der Waals surface area (Å²) in [6.07, 6.45) is 2.85. The second-order valence-corrected chi connectivity index (χ2v) is 9.91. The number of hydrogen-bond donors (Lipinski definition) is 0. The third kappa shape index (κ3) is 4.62. The first-order chi connectivity index (χ1) is 11.9. The zero-order chi connectivity index (χ0) is 17.9. The fourth-order valence-corrected chi connectivity index (χ4v) is 5.27. The lowest BCUT2D eigenvalue weighted by molar-refractivity contribution is -0.127. The molecule has 1 saturated heterocycles. The molecular weight excluding hydrogens is 378 g/mol. The Morgan fingerprint density at radius 2 is 2.04 bits per heavy atom. The molecule has 1 unspecified atom stereocenters. The van der Waals surface area contributed by atoms with E-state index in [2.05, 4.69) is 0 Å². The molecule has 1 aliphatic heterocycles. The minimum atomic E-state index is -3.21. The van der Waals surface area contributed by atoms with Crippen LogP contribution in [-0.4, -0.2) is 43.5 Å². The fourth-order valence-electron chi connectivity index (χ4n) is 2.58. The van der Waals surface area contributed by atoms with Crippen molar-refractivity contribution in [2.45, 2.75) is 16.0 Å². The van der Waals surface area contributed by atoms with Gasteiger partial charge in [-0.15, -0.1) is 11.8 Å². The highest BCUT2D eigenvalue weighted by molar-refractivity contribution is 8.00. The summed E-state index contributed by atoms with van der Waals surface area (Å²) in [4.78, 5) is 14.4. The van der Waals surface area contributed by atoms with Crippen molar-refractivity contribution in [2.75, 3.05) is 24.3 Å². The van der Waals surface area contributed by atoms with Gasteiger partial charge in [-0.1, -0.05) is 12.1 Å². The molecule has 3 rings (SSSR count). The van der Waals surface area contributed by atoms with Crippen LogP contribution in [0.4, 0.5) is 0 Å². The predicted molar refractivity (Wildman–Crippen MR) is 101 cm³/mol. The van der Waals surface area contributed by atoms with Crippen LogP contribution in [0.25, 0.3) is 0 Å². The van der Waals surface area contributed by atoms with Crippen LogP contribution in [-0.2, 0) is 20.4 Å². The van der Waals surface area contributed by atoms with E-state index in [1.165, 1.54) is 6.26 Å². The van der Waals surface area contributed by atoms with E-state index in [0.717, 1.165) is 22.8 Å². The Hall–Kier alpha value is -1.38. The summed E-state index contributed by atoms with van der Waals surface area (Å²) in [6, 6.07) is 10.6. The maximum absolute atomic E-state index is 12.2. The van der Waals surface area contributed by atoms with Crippen molar-refractivity contribution in [1.29, 1.82) is 0 Å². The Bertz CT molecular complexity index is 816. The van der Waals surface area contributed by atoms with Crippen molar-refractivity contribution in [3.63, 3.8) is 0 Å². The number of hydrogen-bond acceptors (Lipinski definition) is 6. The topological polar surface area (TPSA) is 67.6 Å². The number of thioether (sulfide) groups is 2. The van der Waals surface area contributed by atoms with Crippen molar-refractivity contribution < 1.29 is 17.6 Å². The zero-order valence-electron chi connectivity index (χ0n) is 13.8. The summed E-state index contributed by atoms with van der Waals surface area (Å²) in [7, 11) is -3.21. The summed E-state index contributed by atoms with van der Waals surface area (Å²) in [6.45, 7) is 0.662. The van der Waals surface area contributed by atoms with Crippen LogP contribution < -0.4 is 0 Å². The summed E-state index contributed by atoms with van der Waals surface area (Å²) in [5, 5.41) is -0.0506. The van der Waals surface area contributed by atoms with Gasteiger partial charge in [0.15, 0.2) is 9.84 Å². The van der Waals surface area contributed by atoms with Gasteiger partial charge >= 0.3 is 0 Å². The molecule has 8 heteroatoms. The van der Waals surface area contributed by atoms with Gasteiger partial charge in [0.1, 0.15) is 11.1 Å². The molecule has 1 aromatic heterocycles. The van der Waals surface area contributed by atoms with Crippen LogP contribution in [0.1, 0.15) is 16.7 Å². The molecule has 2 heterocycles. The third-order valence-corrected chi connectivity index (χ3v) is 7.21. The van der Waals surface area contributed by atoms with Crippen LogP contribution >= 0.6 is 23.5 Å².